The van der Waals surface area contributed by atoms with Crippen LogP contribution in [-0.4, -0.2) is 84.0 Å². The molecule has 0 radical (unpaired) electrons. The molecule has 13 nitrogen and oxygen atoms in total. The minimum Gasteiger partial charge on any atom is -0.543 e. The maximum absolute atomic E-state index is 13.0. The number of nitrogens with two attached hydrogens (primary N) is 1. The summed E-state index contributed by atoms with van der Waals surface area (Å²) in [6.45, 7) is -0.469. The predicted octanol–water partition coefficient (Wildman–Crippen LogP) is -3.71. The Morgan fingerprint density at radius 1 is 1.38 bits per heavy atom. The first kappa shape index (κ1) is 29.4. The number of oxime groups is 1. The van der Waals surface area contributed by atoms with Gasteiger partial charge >= 0.3 is 29.6 Å². The zero-order chi connectivity index (χ0) is 26.8. The Labute approximate surface area is 256 Å². The number of aliphatic hydroxyl groups is 1. The van der Waals surface area contributed by atoms with Gasteiger partial charge in [-0.3, -0.25) is 18.9 Å². The number of nitrogens with one attached hydrogen (secondary N) is 1. The molecule has 0 unspecified atom stereocenters. The van der Waals surface area contributed by atoms with Gasteiger partial charge in [-0.25, -0.2) is 9.97 Å². The van der Waals surface area contributed by atoms with Crippen LogP contribution in [0.1, 0.15) is 5.69 Å². The smallest absolute Gasteiger partial charge is 0.543 e. The molecule has 2 aliphatic rings. The third kappa shape index (κ3) is 5.96. The van der Waals surface area contributed by atoms with E-state index in [9.17, 15) is 19.5 Å². The summed E-state index contributed by atoms with van der Waals surface area (Å²) in [5.74, 6) is -2.13. The molecule has 1 fully saturated rings. The number of thiazole rings is 1. The second kappa shape index (κ2) is 12.7. The number of hydrogen-bond acceptors (Lipinski definition) is 13. The number of carbonyl (C=O) groups is 3. The number of nitrogens with zero attached hydrogens (tertiary/aromatic N) is 5. The number of carboxylic acids is 1. The van der Waals surface area contributed by atoms with Gasteiger partial charge < -0.3 is 30.9 Å². The van der Waals surface area contributed by atoms with Crippen molar-refractivity contribution >= 4 is 69.1 Å². The molecule has 2 amide bonds. The number of nitrogen functional groups attached to an aromatic ring is 1. The van der Waals surface area contributed by atoms with Crippen LogP contribution in [0.15, 0.2) is 57.4 Å². The van der Waals surface area contributed by atoms with Crippen molar-refractivity contribution < 1.29 is 59.0 Å². The summed E-state index contributed by atoms with van der Waals surface area (Å²) < 4.78 is 1.89. The van der Waals surface area contributed by atoms with Gasteiger partial charge in [-0.05, 0) is 17.7 Å². The molecule has 0 aliphatic carbocycles. The SMILES string of the molecule is Nc1nc(/C(=N/OCCO)C(=O)N[C@@H]2C(=O)N3C(C(=O)[O-])=C(CSc4cccc5nccn45)CS[C@H]23)cs1.[Na+]. The van der Waals surface area contributed by atoms with Crippen LogP contribution < -0.4 is 45.7 Å². The van der Waals surface area contributed by atoms with Crippen molar-refractivity contribution in [2.75, 3.05) is 30.5 Å². The van der Waals surface area contributed by atoms with E-state index in [-0.39, 0.29) is 65.0 Å². The molecule has 0 saturated carbocycles. The molecule has 2 aliphatic heterocycles. The van der Waals surface area contributed by atoms with Crippen LogP contribution in [0.5, 0.6) is 0 Å². The zero-order valence-electron chi connectivity index (χ0n) is 20.5. The van der Waals surface area contributed by atoms with Gasteiger partial charge in [0, 0.05) is 29.3 Å². The van der Waals surface area contributed by atoms with E-state index in [1.807, 2.05) is 28.8 Å². The van der Waals surface area contributed by atoms with Crippen LogP contribution >= 0.6 is 34.9 Å². The van der Waals surface area contributed by atoms with Gasteiger partial charge in [-0.15, -0.1) is 34.9 Å². The maximum Gasteiger partial charge on any atom is 1.00 e. The zero-order valence-corrected chi connectivity index (χ0v) is 24.9. The Kier molecular flexibility index (Phi) is 9.58. The van der Waals surface area contributed by atoms with Crippen molar-refractivity contribution in [2.45, 2.75) is 16.4 Å². The van der Waals surface area contributed by atoms with Gasteiger partial charge in [0.25, 0.3) is 11.8 Å². The Morgan fingerprint density at radius 2 is 2.21 bits per heavy atom. The number of pyridine rings is 1. The molecule has 1 saturated heterocycles. The number of thioether (sulfide) groups is 2. The number of carbonyl (C=O) groups excluding carboxylic acids is 3. The molecule has 17 heteroatoms. The van der Waals surface area contributed by atoms with Crippen molar-refractivity contribution in [3.05, 3.63) is 52.9 Å². The van der Waals surface area contributed by atoms with Crippen LogP contribution in [0.25, 0.3) is 5.65 Å². The average Bonchev–Trinajstić information content (AvgIpc) is 3.57. The van der Waals surface area contributed by atoms with Crippen LogP contribution in [0.3, 0.4) is 0 Å². The van der Waals surface area contributed by atoms with Gasteiger partial charge in [0.1, 0.15) is 29.4 Å². The topological polar surface area (TPSA) is 188 Å². The molecule has 3 aromatic heterocycles. The Morgan fingerprint density at radius 3 is 2.92 bits per heavy atom. The summed E-state index contributed by atoms with van der Waals surface area (Å²) in [5, 5.41) is 29.3. The van der Waals surface area contributed by atoms with E-state index >= 15 is 0 Å². The normalized spacial score (nSPS) is 18.8. The first-order chi connectivity index (χ1) is 18.4. The van der Waals surface area contributed by atoms with Gasteiger partial charge in [0.15, 0.2) is 10.8 Å². The fourth-order valence-corrected chi connectivity index (χ4v) is 7.00. The number of β-lactam (4-membered cyclic amide) rings is 1. The minimum absolute atomic E-state index is 0. The molecule has 198 valence electrons. The summed E-state index contributed by atoms with van der Waals surface area (Å²) in [4.78, 5) is 52.5. The molecule has 4 N–H and O–H groups in total. The number of aromatic nitrogens is 3. The molecular formula is C22H20N7NaO6S3. The second-order valence-electron chi connectivity index (χ2n) is 7.98. The van der Waals surface area contributed by atoms with Gasteiger partial charge in [0.2, 0.25) is 0 Å². The van der Waals surface area contributed by atoms with E-state index in [1.54, 1.807) is 6.20 Å². The number of fused-ring (bicyclic) bond motifs is 2. The third-order valence-electron chi connectivity index (χ3n) is 5.63. The van der Waals surface area contributed by atoms with E-state index in [2.05, 4.69) is 20.4 Å². The second-order valence-corrected chi connectivity index (χ2v) is 11.0. The molecule has 3 aromatic rings. The number of aliphatic hydroxyl groups excluding tert-OH is 1. The molecule has 5 rings (SSSR count). The number of hydrogen-bond donors (Lipinski definition) is 3. The van der Waals surface area contributed by atoms with Gasteiger partial charge in [-0.2, -0.15) is 0 Å². The quantitative estimate of drug-likeness (QED) is 0.0521. The monoisotopic (exact) mass is 597 g/mol. The van der Waals surface area contributed by atoms with Crippen molar-refractivity contribution in [3.8, 4) is 0 Å². The Balaban J connectivity index is 0.00000353. The summed E-state index contributed by atoms with van der Waals surface area (Å²) in [6.07, 6.45) is 3.49. The van der Waals surface area contributed by atoms with E-state index in [0.29, 0.717) is 17.1 Å². The molecule has 2 atom stereocenters. The number of rotatable bonds is 10. The number of imidazole rings is 1. The Bertz CT molecular complexity index is 1470. The number of anilines is 1. The molecule has 0 spiro atoms. The van der Waals surface area contributed by atoms with Crippen molar-refractivity contribution in [2.24, 2.45) is 5.16 Å². The first-order valence-corrected chi connectivity index (χ1v) is 14.1. The number of amides is 2. The van der Waals surface area contributed by atoms with Gasteiger partial charge in [-0.1, -0.05) is 11.2 Å². The maximum atomic E-state index is 13.0. The van der Waals surface area contributed by atoms with Crippen molar-refractivity contribution in [1.29, 1.82) is 0 Å². The summed E-state index contributed by atoms with van der Waals surface area (Å²) >= 11 is 3.86. The van der Waals surface area contributed by atoms with Gasteiger partial charge in [0.05, 0.1) is 23.3 Å². The van der Waals surface area contributed by atoms with E-state index < -0.39 is 29.2 Å². The molecule has 0 bridgehead atoms. The summed E-state index contributed by atoms with van der Waals surface area (Å²) in [7, 11) is 0. The largest absolute Gasteiger partial charge is 1.00 e. The summed E-state index contributed by atoms with van der Waals surface area (Å²) in [6, 6.07) is 4.64. The molecule has 5 heterocycles. The predicted molar refractivity (Wildman–Crippen MR) is 139 cm³/mol. The standard InChI is InChI=1S/C22H21N7O6S3.Na/c23-22-25-12(10-38-22)15(27-35-7-6-30)18(31)26-16-19(32)29-17(21(33)34)11(9-37-20(16)29)8-36-14-3-1-2-13-24-4-5-28(13)14;/h1-5,10,16,20,30H,6-9H2,(H2,23,25)(H,26,31)(H,33,34);/q;+1/p-1/b27-15-;/t16-,20-;/m1./s1. The fraction of sp³-hybridized carbons (Fsp3) is 0.273. The minimum atomic E-state index is -1.46. The summed E-state index contributed by atoms with van der Waals surface area (Å²) in [5.41, 5.74) is 6.72. The Hall–Kier alpha value is -2.60. The average molecular weight is 598 g/mol. The first-order valence-electron chi connectivity index (χ1n) is 11.1. The van der Waals surface area contributed by atoms with E-state index in [0.717, 1.165) is 26.9 Å². The van der Waals surface area contributed by atoms with Crippen LogP contribution in [0, 0.1) is 0 Å². The van der Waals surface area contributed by atoms with E-state index in [4.69, 9.17) is 15.7 Å². The van der Waals surface area contributed by atoms with Crippen LogP contribution in [0.4, 0.5) is 5.13 Å². The molecule has 39 heavy (non-hydrogen) atoms. The molecular weight excluding hydrogens is 577 g/mol. The fourth-order valence-electron chi connectivity index (χ4n) is 3.94. The van der Waals surface area contributed by atoms with Crippen LogP contribution in [0.2, 0.25) is 0 Å². The van der Waals surface area contributed by atoms with E-state index in [1.165, 1.54) is 28.9 Å². The van der Waals surface area contributed by atoms with Crippen molar-refractivity contribution in [3.63, 3.8) is 0 Å². The third-order valence-corrected chi connectivity index (χ3v) is 8.77. The number of aliphatic carboxylic acids is 1. The van der Waals surface area contributed by atoms with Crippen LogP contribution in [-0.2, 0) is 19.2 Å². The molecule has 0 aromatic carbocycles. The number of carboxylic acid groups (broad SMARTS) is 1. The van der Waals surface area contributed by atoms with Crippen molar-refractivity contribution in [1.82, 2.24) is 24.6 Å².